The molecule has 0 spiro atoms. The number of amides is 1. The molecule has 2 heterocycles. The average Bonchev–Trinajstić information content (AvgIpc) is 2.61. The Morgan fingerprint density at radius 3 is 2.87 bits per heavy atom. The first-order valence-electron chi connectivity index (χ1n) is 8.03. The summed E-state index contributed by atoms with van der Waals surface area (Å²) < 4.78 is 0. The Morgan fingerprint density at radius 1 is 1.26 bits per heavy atom. The molecule has 0 unspecified atom stereocenters. The van der Waals surface area contributed by atoms with Gasteiger partial charge in [-0.3, -0.25) is 4.79 Å². The molecule has 0 saturated heterocycles. The summed E-state index contributed by atoms with van der Waals surface area (Å²) in [5.41, 5.74) is 2.68. The molecule has 0 aliphatic carbocycles. The molecule has 0 atom stereocenters. The Labute approximate surface area is 136 Å². The number of nitrogens with zero attached hydrogens (tertiary/aromatic N) is 2. The molecule has 1 aromatic heterocycles. The van der Waals surface area contributed by atoms with Gasteiger partial charge in [0.1, 0.15) is 5.82 Å². The number of hydrogen-bond acceptors (Lipinski definition) is 4. The van der Waals surface area contributed by atoms with Crippen LogP contribution in [-0.4, -0.2) is 37.6 Å². The average molecular weight is 310 g/mol. The zero-order chi connectivity index (χ0) is 16.1. The number of fused-ring (bicyclic) bond motifs is 1. The fourth-order valence-electron chi connectivity index (χ4n) is 2.92. The first-order chi connectivity index (χ1) is 11.3. The summed E-state index contributed by atoms with van der Waals surface area (Å²) in [6, 6.07) is 11.2. The SMILES string of the molecule is CNCCN1CCCc2c(NC(=O)c3ccccc3)ccnc21. The number of nitrogens with one attached hydrogen (secondary N) is 2. The summed E-state index contributed by atoms with van der Waals surface area (Å²) in [7, 11) is 1.95. The highest BCUT2D eigenvalue weighted by atomic mass is 16.1. The van der Waals surface area contributed by atoms with Crippen LogP contribution in [0.3, 0.4) is 0 Å². The molecule has 23 heavy (non-hydrogen) atoms. The van der Waals surface area contributed by atoms with Crippen molar-refractivity contribution in [3.63, 3.8) is 0 Å². The normalized spacial score (nSPS) is 13.5. The summed E-state index contributed by atoms with van der Waals surface area (Å²) in [5.74, 6) is 0.920. The maximum atomic E-state index is 12.4. The van der Waals surface area contributed by atoms with E-state index in [2.05, 4.69) is 20.5 Å². The second-order valence-electron chi connectivity index (χ2n) is 5.67. The van der Waals surface area contributed by atoms with Crippen LogP contribution in [-0.2, 0) is 6.42 Å². The standard InChI is InChI=1S/C18H22N4O/c1-19-11-13-22-12-5-8-15-16(9-10-20-17(15)22)21-18(23)14-6-3-2-4-7-14/h2-4,6-7,9-10,19H,5,8,11-13H2,1H3,(H,20,21,23). The minimum absolute atomic E-state index is 0.0775. The highest BCUT2D eigenvalue weighted by Gasteiger charge is 2.21. The van der Waals surface area contributed by atoms with E-state index in [1.54, 1.807) is 6.20 Å². The molecule has 0 saturated carbocycles. The molecule has 1 aliphatic rings. The van der Waals surface area contributed by atoms with E-state index in [1.807, 2.05) is 43.4 Å². The fourth-order valence-corrected chi connectivity index (χ4v) is 2.92. The Bertz CT molecular complexity index is 672. The number of benzene rings is 1. The second-order valence-corrected chi connectivity index (χ2v) is 5.67. The lowest BCUT2D eigenvalue weighted by molar-refractivity contribution is 0.102. The van der Waals surface area contributed by atoms with Gasteiger partial charge in [-0.1, -0.05) is 18.2 Å². The number of aromatic nitrogens is 1. The third kappa shape index (κ3) is 3.51. The predicted molar refractivity (Wildman–Crippen MR) is 93.1 cm³/mol. The molecule has 1 aliphatic heterocycles. The van der Waals surface area contributed by atoms with Crippen molar-refractivity contribution in [1.82, 2.24) is 10.3 Å². The van der Waals surface area contributed by atoms with E-state index in [9.17, 15) is 4.79 Å². The van der Waals surface area contributed by atoms with Gasteiger partial charge >= 0.3 is 0 Å². The molecule has 0 fully saturated rings. The van der Waals surface area contributed by atoms with Crippen molar-refractivity contribution in [2.45, 2.75) is 12.8 Å². The second kappa shape index (κ2) is 7.24. The monoisotopic (exact) mass is 310 g/mol. The largest absolute Gasteiger partial charge is 0.355 e. The molecular weight excluding hydrogens is 288 g/mol. The van der Waals surface area contributed by atoms with Gasteiger partial charge in [0.2, 0.25) is 0 Å². The Hall–Kier alpha value is -2.40. The molecule has 3 rings (SSSR count). The summed E-state index contributed by atoms with van der Waals surface area (Å²) in [4.78, 5) is 19.2. The van der Waals surface area contributed by atoms with E-state index in [4.69, 9.17) is 0 Å². The van der Waals surface area contributed by atoms with Gasteiger partial charge in [-0.05, 0) is 38.1 Å². The maximum absolute atomic E-state index is 12.4. The first-order valence-corrected chi connectivity index (χ1v) is 8.03. The fraction of sp³-hybridized carbons (Fsp3) is 0.333. The lowest BCUT2D eigenvalue weighted by Gasteiger charge is -2.31. The van der Waals surface area contributed by atoms with Crippen molar-refractivity contribution >= 4 is 17.4 Å². The van der Waals surface area contributed by atoms with E-state index in [0.717, 1.165) is 49.5 Å². The molecule has 2 N–H and O–H groups in total. The van der Waals surface area contributed by atoms with Crippen LogP contribution in [0.4, 0.5) is 11.5 Å². The predicted octanol–water partition coefficient (Wildman–Crippen LogP) is 2.31. The molecule has 0 radical (unpaired) electrons. The molecule has 1 amide bonds. The van der Waals surface area contributed by atoms with Crippen LogP contribution >= 0.6 is 0 Å². The van der Waals surface area contributed by atoms with Crippen LogP contribution in [0.2, 0.25) is 0 Å². The highest BCUT2D eigenvalue weighted by Crippen LogP contribution is 2.30. The molecule has 120 valence electrons. The number of likely N-dealkylation sites (N-methyl/N-ethyl adjacent to an activating group) is 1. The number of carbonyl (C=O) groups is 1. The molecular formula is C18H22N4O. The molecule has 2 aromatic rings. The Kier molecular flexibility index (Phi) is 4.88. The van der Waals surface area contributed by atoms with E-state index >= 15 is 0 Å². The summed E-state index contributed by atoms with van der Waals surface area (Å²) >= 11 is 0. The van der Waals surface area contributed by atoms with E-state index in [-0.39, 0.29) is 5.91 Å². The summed E-state index contributed by atoms with van der Waals surface area (Å²) in [6.07, 6.45) is 3.80. The minimum Gasteiger partial charge on any atom is -0.355 e. The lowest BCUT2D eigenvalue weighted by Crippen LogP contribution is -2.36. The van der Waals surface area contributed by atoms with E-state index < -0.39 is 0 Å². The topological polar surface area (TPSA) is 57.3 Å². The van der Waals surface area contributed by atoms with E-state index in [0.29, 0.717) is 5.56 Å². The van der Waals surface area contributed by atoms with Gasteiger partial charge < -0.3 is 15.5 Å². The number of rotatable bonds is 5. The molecule has 5 heteroatoms. The lowest BCUT2D eigenvalue weighted by atomic mass is 10.0. The van der Waals surface area contributed by atoms with Gasteiger partial charge in [-0.2, -0.15) is 0 Å². The first kappa shape index (κ1) is 15.5. The minimum atomic E-state index is -0.0775. The Balaban J connectivity index is 1.82. The molecule has 5 nitrogen and oxygen atoms in total. The molecule has 0 bridgehead atoms. The van der Waals surface area contributed by atoms with Crippen molar-refractivity contribution < 1.29 is 4.79 Å². The smallest absolute Gasteiger partial charge is 0.255 e. The van der Waals surface area contributed by atoms with E-state index in [1.165, 1.54) is 0 Å². The third-order valence-corrected chi connectivity index (χ3v) is 4.10. The van der Waals surface area contributed by atoms with Crippen molar-refractivity contribution in [2.75, 3.05) is 36.9 Å². The zero-order valence-corrected chi connectivity index (χ0v) is 13.4. The number of carbonyl (C=O) groups excluding carboxylic acids is 1. The van der Waals surface area contributed by atoms with Gasteiger partial charge in [0.15, 0.2) is 0 Å². The Morgan fingerprint density at radius 2 is 2.09 bits per heavy atom. The van der Waals surface area contributed by atoms with Crippen molar-refractivity contribution in [3.8, 4) is 0 Å². The summed E-state index contributed by atoms with van der Waals surface area (Å²) in [6.45, 7) is 2.85. The molecule has 1 aromatic carbocycles. The quantitative estimate of drug-likeness (QED) is 0.890. The van der Waals surface area contributed by atoms with Crippen LogP contribution in [0.1, 0.15) is 22.3 Å². The van der Waals surface area contributed by atoms with Crippen LogP contribution < -0.4 is 15.5 Å². The van der Waals surface area contributed by atoms with Crippen molar-refractivity contribution in [2.24, 2.45) is 0 Å². The van der Waals surface area contributed by atoms with Crippen molar-refractivity contribution in [3.05, 3.63) is 53.7 Å². The maximum Gasteiger partial charge on any atom is 0.255 e. The van der Waals surface area contributed by atoms with Gasteiger partial charge in [0, 0.05) is 42.6 Å². The van der Waals surface area contributed by atoms with Gasteiger partial charge in [-0.25, -0.2) is 4.98 Å². The van der Waals surface area contributed by atoms with Crippen LogP contribution in [0.15, 0.2) is 42.6 Å². The third-order valence-electron chi connectivity index (χ3n) is 4.10. The number of anilines is 2. The van der Waals surface area contributed by atoms with Gasteiger partial charge in [-0.15, -0.1) is 0 Å². The van der Waals surface area contributed by atoms with Gasteiger partial charge in [0.05, 0.1) is 0 Å². The highest BCUT2D eigenvalue weighted by molar-refractivity contribution is 6.04. The summed E-state index contributed by atoms with van der Waals surface area (Å²) in [5, 5.41) is 6.22. The van der Waals surface area contributed by atoms with Crippen LogP contribution in [0.5, 0.6) is 0 Å². The van der Waals surface area contributed by atoms with Gasteiger partial charge in [0.25, 0.3) is 5.91 Å². The van der Waals surface area contributed by atoms with Crippen molar-refractivity contribution in [1.29, 1.82) is 0 Å². The zero-order valence-electron chi connectivity index (χ0n) is 13.4. The number of pyridine rings is 1. The van der Waals surface area contributed by atoms with Crippen LogP contribution in [0.25, 0.3) is 0 Å². The number of hydrogen-bond donors (Lipinski definition) is 2. The van der Waals surface area contributed by atoms with Crippen LogP contribution in [0, 0.1) is 0 Å².